The fourth-order valence-corrected chi connectivity index (χ4v) is 3.69. The van der Waals surface area contributed by atoms with Crippen molar-refractivity contribution < 1.29 is 4.74 Å². The van der Waals surface area contributed by atoms with Crippen LogP contribution in [0.15, 0.2) is 48.5 Å². The number of aromatic amines is 1. The molecule has 0 fully saturated rings. The van der Waals surface area contributed by atoms with E-state index in [2.05, 4.69) is 66.6 Å². The summed E-state index contributed by atoms with van der Waals surface area (Å²) < 4.78 is 5.37. The molecule has 4 rings (SSSR count). The highest BCUT2D eigenvalue weighted by Crippen LogP contribution is 2.38. The Kier molecular flexibility index (Phi) is 3.65. The third-order valence-corrected chi connectivity index (χ3v) is 5.15. The molecule has 3 aromatic carbocycles. The average Bonchev–Trinajstić information content (AvgIpc) is 3.02. The Hall–Kier alpha value is -2.94. The Labute approximate surface area is 147 Å². The van der Waals surface area contributed by atoms with Crippen LogP contribution in [0.25, 0.3) is 32.9 Å². The van der Waals surface area contributed by atoms with Gasteiger partial charge >= 0.3 is 0 Å². The summed E-state index contributed by atoms with van der Waals surface area (Å²) in [6.45, 7) is 4.42. The molecular formula is C22H22N2O. The van der Waals surface area contributed by atoms with Crippen LogP contribution in [0.5, 0.6) is 5.75 Å². The van der Waals surface area contributed by atoms with E-state index in [0.717, 1.165) is 22.5 Å². The van der Waals surface area contributed by atoms with Gasteiger partial charge in [0.05, 0.1) is 12.6 Å². The molecule has 1 heterocycles. The largest absolute Gasteiger partial charge is 0.497 e. The average molecular weight is 330 g/mol. The second-order valence-electron chi connectivity index (χ2n) is 6.43. The van der Waals surface area contributed by atoms with Gasteiger partial charge in [-0.15, -0.1) is 0 Å². The van der Waals surface area contributed by atoms with Gasteiger partial charge in [0.15, 0.2) is 0 Å². The topological polar surface area (TPSA) is 37.0 Å². The molecule has 0 unspecified atom stereocenters. The van der Waals surface area contributed by atoms with Crippen LogP contribution in [-0.2, 0) is 0 Å². The number of rotatable bonds is 3. The highest BCUT2D eigenvalue weighted by atomic mass is 16.5. The van der Waals surface area contributed by atoms with Gasteiger partial charge in [0.25, 0.3) is 0 Å². The maximum Gasteiger partial charge on any atom is 0.120 e. The van der Waals surface area contributed by atoms with Crippen LogP contribution in [0.1, 0.15) is 11.1 Å². The first-order chi connectivity index (χ1) is 12.1. The zero-order chi connectivity index (χ0) is 17.6. The van der Waals surface area contributed by atoms with Crippen LogP contribution in [0.3, 0.4) is 0 Å². The zero-order valence-corrected chi connectivity index (χ0v) is 15.0. The summed E-state index contributed by atoms with van der Waals surface area (Å²) in [5.41, 5.74) is 8.52. The standard InChI is InChI=1S/C22H22N2O/c1-13-14(2)22-17-10-9-15(25-4)11-20(17)24-21(22)12-18(13)16-7-5-6-8-19(16)23-3/h5-12,23-24H,1-4H3. The molecule has 126 valence electrons. The summed E-state index contributed by atoms with van der Waals surface area (Å²) >= 11 is 0. The van der Waals surface area contributed by atoms with Gasteiger partial charge in [-0.3, -0.25) is 0 Å². The fraction of sp³-hybridized carbons (Fsp3) is 0.182. The molecule has 0 saturated carbocycles. The number of hydrogen-bond acceptors (Lipinski definition) is 2. The Bertz CT molecular complexity index is 1090. The number of hydrogen-bond donors (Lipinski definition) is 2. The number of aromatic nitrogens is 1. The minimum atomic E-state index is 0.870. The number of H-pyrrole nitrogens is 1. The van der Waals surface area contributed by atoms with Crippen molar-refractivity contribution in [1.82, 2.24) is 4.98 Å². The monoisotopic (exact) mass is 330 g/mol. The van der Waals surface area contributed by atoms with Gasteiger partial charge in [0.1, 0.15) is 5.75 Å². The van der Waals surface area contributed by atoms with Crippen LogP contribution in [0, 0.1) is 13.8 Å². The van der Waals surface area contributed by atoms with Gasteiger partial charge in [-0.25, -0.2) is 0 Å². The lowest BCUT2D eigenvalue weighted by molar-refractivity contribution is 0.415. The SMILES string of the molecule is CNc1ccccc1-c1cc2[nH]c3cc(OC)ccc3c2c(C)c1C. The number of anilines is 1. The van der Waals surface area contributed by atoms with Crippen molar-refractivity contribution in [2.45, 2.75) is 13.8 Å². The molecule has 0 radical (unpaired) electrons. The molecule has 0 bridgehead atoms. The summed E-state index contributed by atoms with van der Waals surface area (Å²) in [5.74, 6) is 0.870. The number of methoxy groups -OCH3 is 1. The molecule has 4 aromatic rings. The van der Waals surface area contributed by atoms with Gasteiger partial charge in [-0.2, -0.15) is 0 Å². The van der Waals surface area contributed by atoms with E-state index in [9.17, 15) is 0 Å². The number of para-hydroxylation sites is 1. The van der Waals surface area contributed by atoms with Crippen LogP contribution in [0.2, 0.25) is 0 Å². The molecule has 2 N–H and O–H groups in total. The van der Waals surface area contributed by atoms with Crippen molar-refractivity contribution in [3.05, 3.63) is 59.7 Å². The molecule has 0 aliphatic heterocycles. The van der Waals surface area contributed by atoms with E-state index in [0.29, 0.717) is 0 Å². The predicted molar refractivity (Wildman–Crippen MR) is 107 cm³/mol. The zero-order valence-electron chi connectivity index (χ0n) is 15.0. The van der Waals surface area contributed by atoms with E-state index in [4.69, 9.17) is 4.74 Å². The van der Waals surface area contributed by atoms with Gasteiger partial charge in [0.2, 0.25) is 0 Å². The second kappa shape index (κ2) is 5.85. The van der Waals surface area contributed by atoms with Crippen LogP contribution in [-0.4, -0.2) is 19.1 Å². The van der Waals surface area contributed by atoms with E-state index in [-0.39, 0.29) is 0 Å². The van der Waals surface area contributed by atoms with Gasteiger partial charge < -0.3 is 15.0 Å². The molecule has 3 heteroatoms. The lowest BCUT2D eigenvalue weighted by Crippen LogP contribution is -1.95. The van der Waals surface area contributed by atoms with Crippen LogP contribution < -0.4 is 10.1 Å². The molecule has 0 spiro atoms. The minimum Gasteiger partial charge on any atom is -0.497 e. The first kappa shape index (κ1) is 15.6. The lowest BCUT2D eigenvalue weighted by Gasteiger charge is -2.14. The molecule has 0 atom stereocenters. The van der Waals surface area contributed by atoms with Crippen molar-refractivity contribution in [3.63, 3.8) is 0 Å². The molecule has 0 saturated heterocycles. The molecule has 1 aromatic heterocycles. The molecule has 3 nitrogen and oxygen atoms in total. The van der Waals surface area contributed by atoms with E-state index in [1.807, 2.05) is 13.1 Å². The summed E-state index contributed by atoms with van der Waals surface area (Å²) in [4.78, 5) is 3.57. The Balaban J connectivity index is 2.05. The molecule has 25 heavy (non-hydrogen) atoms. The van der Waals surface area contributed by atoms with E-state index in [1.165, 1.54) is 33.0 Å². The first-order valence-electron chi connectivity index (χ1n) is 8.51. The molecule has 0 aliphatic carbocycles. The highest BCUT2D eigenvalue weighted by molar-refractivity contribution is 6.11. The number of benzene rings is 3. The minimum absolute atomic E-state index is 0.870. The fourth-order valence-electron chi connectivity index (χ4n) is 3.69. The summed E-state index contributed by atoms with van der Waals surface area (Å²) in [6, 6.07) is 16.9. The number of nitrogens with one attached hydrogen (secondary N) is 2. The van der Waals surface area contributed by atoms with E-state index >= 15 is 0 Å². The normalized spacial score (nSPS) is 11.2. The highest BCUT2D eigenvalue weighted by Gasteiger charge is 2.15. The summed E-state index contributed by atoms with van der Waals surface area (Å²) in [6.07, 6.45) is 0. The third kappa shape index (κ3) is 2.35. The van der Waals surface area contributed by atoms with Crippen LogP contribution >= 0.6 is 0 Å². The number of ether oxygens (including phenoxy) is 1. The summed E-state index contributed by atoms with van der Waals surface area (Å²) in [7, 11) is 3.67. The number of fused-ring (bicyclic) bond motifs is 3. The van der Waals surface area contributed by atoms with Crippen LogP contribution in [0.4, 0.5) is 5.69 Å². The second-order valence-corrected chi connectivity index (χ2v) is 6.43. The first-order valence-corrected chi connectivity index (χ1v) is 8.51. The predicted octanol–water partition coefficient (Wildman–Crippen LogP) is 5.66. The maximum absolute atomic E-state index is 5.37. The third-order valence-electron chi connectivity index (χ3n) is 5.15. The van der Waals surface area contributed by atoms with E-state index in [1.54, 1.807) is 7.11 Å². The summed E-state index contributed by atoms with van der Waals surface area (Å²) in [5, 5.41) is 5.84. The van der Waals surface area contributed by atoms with Crippen molar-refractivity contribution >= 4 is 27.5 Å². The molecular weight excluding hydrogens is 308 g/mol. The lowest BCUT2D eigenvalue weighted by atomic mass is 9.92. The van der Waals surface area contributed by atoms with Crippen molar-refractivity contribution in [3.8, 4) is 16.9 Å². The quantitative estimate of drug-likeness (QED) is 0.509. The molecule has 0 amide bonds. The Morgan fingerprint density at radius 3 is 2.44 bits per heavy atom. The number of aryl methyl sites for hydroxylation is 1. The van der Waals surface area contributed by atoms with Crippen molar-refractivity contribution in [2.24, 2.45) is 0 Å². The van der Waals surface area contributed by atoms with Gasteiger partial charge in [-0.05, 0) is 54.8 Å². The Morgan fingerprint density at radius 2 is 1.68 bits per heavy atom. The van der Waals surface area contributed by atoms with Gasteiger partial charge in [-0.1, -0.05) is 18.2 Å². The maximum atomic E-state index is 5.37. The van der Waals surface area contributed by atoms with Crippen molar-refractivity contribution in [1.29, 1.82) is 0 Å². The molecule has 0 aliphatic rings. The van der Waals surface area contributed by atoms with Gasteiger partial charge in [0, 0.05) is 40.7 Å². The van der Waals surface area contributed by atoms with Crippen molar-refractivity contribution in [2.75, 3.05) is 19.5 Å². The van der Waals surface area contributed by atoms with E-state index < -0.39 is 0 Å². The smallest absolute Gasteiger partial charge is 0.120 e. The Morgan fingerprint density at radius 1 is 0.880 bits per heavy atom.